The number of piperidine rings is 1. The van der Waals surface area contributed by atoms with Gasteiger partial charge in [0, 0.05) is 37.8 Å². The number of carbonyl (C=O) groups excluding carboxylic acids is 1. The minimum absolute atomic E-state index is 0.183. The lowest BCUT2D eigenvalue weighted by atomic mass is 9.99. The topological polar surface area (TPSA) is 23.6 Å². The second kappa shape index (κ2) is 9.33. The molecule has 3 nitrogen and oxygen atoms in total. The van der Waals surface area contributed by atoms with Gasteiger partial charge in [-0.2, -0.15) is 0 Å². The van der Waals surface area contributed by atoms with Crippen LogP contribution >= 0.6 is 0 Å². The van der Waals surface area contributed by atoms with Gasteiger partial charge in [-0.1, -0.05) is 43.7 Å². The molecule has 150 valence electrons. The number of rotatable bonds is 6. The smallest absolute Gasteiger partial charge is 0.227 e. The number of hydrogen-bond donors (Lipinski definition) is 0. The summed E-state index contributed by atoms with van der Waals surface area (Å²) in [6.45, 7) is 8.83. The lowest BCUT2D eigenvalue weighted by molar-refractivity contribution is -0.120. The van der Waals surface area contributed by atoms with E-state index in [2.05, 4.69) is 49.9 Å². The first kappa shape index (κ1) is 20.5. The van der Waals surface area contributed by atoms with E-state index in [0.29, 0.717) is 12.3 Å². The predicted octanol–water partition coefficient (Wildman–Crippen LogP) is 5.18. The van der Waals surface area contributed by atoms with Crippen molar-refractivity contribution >= 4 is 11.6 Å². The minimum Gasteiger partial charge on any atom is -0.309 e. The zero-order chi connectivity index (χ0) is 20.1. The van der Waals surface area contributed by atoms with Gasteiger partial charge in [-0.15, -0.1) is 0 Å². The molecule has 0 unspecified atom stereocenters. The third kappa shape index (κ3) is 5.41. The summed E-state index contributed by atoms with van der Waals surface area (Å²) in [7, 11) is 0. The monoisotopic (exact) mass is 382 g/mol. The van der Waals surface area contributed by atoms with Gasteiger partial charge in [0.2, 0.25) is 5.91 Å². The Morgan fingerprint density at radius 1 is 1.14 bits per heavy atom. The Kier molecular flexibility index (Phi) is 6.84. The molecule has 0 aromatic heterocycles. The van der Waals surface area contributed by atoms with Crippen molar-refractivity contribution in [3.05, 3.63) is 65.5 Å². The lowest BCUT2D eigenvalue weighted by Crippen LogP contribution is -2.47. The van der Waals surface area contributed by atoms with E-state index in [1.807, 2.05) is 11.0 Å². The first-order valence-corrected chi connectivity index (χ1v) is 10.3. The fraction of sp³-hybridized carbons (Fsp3) is 0.458. The Bertz CT molecular complexity index is 779. The molecule has 0 bridgehead atoms. The molecule has 0 N–H and O–H groups in total. The van der Waals surface area contributed by atoms with Gasteiger partial charge in [0.1, 0.15) is 5.82 Å². The molecule has 2 aromatic rings. The van der Waals surface area contributed by atoms with Crippen molar-refractivity contribution in [2.75, 3.05) is 18.0 Å². The molecular formula is C24H31FN2O. The maximum atomic E-state index is 13.4. The molecule has 0 saturated carbocycles. The Morgan fingerprint density at radius 3 is 2.43 bits per heavy atom. The summed E-state index contributed by atoms with van der Waals surface area (Å²) in [4.78, 5) is 17.4. The highest BCUT2D eigenvalue weighted by atomic mass is 19.1. The summed E-state index contributed by atoms with van der Waals surface area (Å²) in [5.41, 5.74) is 3.20. The molecule has 1 heterocycles. The van der Waals surface area contributed by atoms with E-state index in [0.717, 1.165) is 43.7 Å². The van der Waals surface area contributed by atoms with Crippen molar-refractivity contribution in [3.8, 4) is 0 Å². The number of likely N-dealkylation sites (tertiary alicyclic amines) is 1. The average Bonchev–Trinajstić information content (AvgIpc) is 2.64. The van der Waals surface area contributed by atoms with Gasteiger partial charge in [0.15, 0.2) is 0 Å². The van der Waals surface area contributed by atoms with Crippen LogP contribution in [0, 0.1) is 18.7 Å². The molecule has 0 radical (unpaired) electrons. The molecule has 2 aromatic carbocycles. The van der Waals surface area contributed by atoms with Crippen LogP contribution in [0.15, 0.2) is 48.5 Å². The molecule has 0 atom stereocenters. The maximum Gasteiger partial charge on any atom is 0.227 e. The van der Waals surface area contributed by atoms with Gasteiger partial charge in [0.25, 0.3) is 0 Å². The summed E-state index contributed by atoms with van der Waals surface area (Å²) in [6.07, 6.45) is 2.44. The molecule has 1 amide bonds. The van der Waals surface area contributed by atoms with Crippen molar-refractivity contribution in [2.45, 2.75) is 52.6 Å². The molecule has 0 aliphatic carbocycles. The molecule has 1 saturated heterocycles. The molecule has 28 heavy (non-hydrogen) atoms. The molecule has 0 spiro atoms. The molecule has 1 aliphatic rings. The number of amides is 1. The summed E-state index contributed by atoms with van der Waals surface area (Å²) in [6, 6.07) is 15.3. The van der Waals surface area contributed by atoms with Crippen LogP contribution in [-0.4, -0.2) is 29.9 Å². The van der Waals surface area contributed by atoms with E-state index in [9.17, 15) is 9.18 Å². The largest absolute Gasteiger partial charge is 0.309 e. The number of benzene rings is 2. The van der Waals surface area contributed by atoms with Crippen molar-refractivity contribution in [1.29, 1.82) is 0 Å². The predicted molar refractivity (Wildman–Crippen MR) is 113 cm³/mol. The van der Waals surface area contributed by atoms with Crippen LogP contribution in [0.2, 0.25) is 0 Å². The number of anilines is 1. The number of nitrogens with zero attached hydrogens (tertiary/aromatic N) is 2. The highest BCUT2D eigenvalue weighted by Gasteiger charge is 2.29. The maximum absolute atomic E-state index is 13.4. The summed E-state index contributed by atoms with van der Waals surface area (Å²) in [5.74, 6) is 0.369. The fourth-order valence-electron chi connectivity index (χ4n) is 3.94. The van der Waals surface area contributed by atoms with E-state index in [1.165, 1.54) is 11.6 Å². The summed E-state index contributed by atoms with van der Waals surface area (Å²) in [5, 5.41) is 0. The zero-order valence-corrected chi connectivity index (χ0v) is 17.2. The van der Waals surface area contributed by atoms with Crippen LogP contribution in [0.4, 0.5) is 10.1 Å². The number of hydrogen-bond acceptors (Lipinski definition) is 2. The van der Waals surface area contributed by atoms with Crippen LogP contribution in [0.1, 0.15) is 44.2 Å². The summed E-state index contributed by atoms with van der Waals surface area (Å²) >= 11 is 0. The molecule has 4 heteroatoms. The van der Waals surface area contributed by atoms with Gasteiger partial charge in [-0.3, -0.25) is 9.69 Å². The number of aryl methyl sites for hydroxylation is 1. The van der Waals surface area contributed by atoms with Gasteiger partial charge in [0.05, 0.1) is 0 Å². The minimum atomic E-state index is -0.183. The van der Waals surface area contributed by atoms with Gasteiger partial charge in [-0.05, 0) is 55.5 Å². The Balaban J connectivity index is 1.68. The molecule has 3 rings (SSSR count). The van der Waals surface area contributed by atoms with Crippen LogP contribution in [-0.2, 0) is 11.3 Å². The molecular weight excluding hydrogens is 351 g/mol. The third-order valence-electron chi connectivity index (χ3n) is 5.38. The number of carbonyl (C=O) groups is 1. The Morgan fingerprint density at radius 2 is 1.82 bits per heavy atom. The van der Waals surface area contributed by atoms with E-state index >= 15 is 0 Å². The van der Waals surface area contributed by atoms with E-state index in [4.69, 9.17) is 0 Å². The fourth-order valence-corrected chi connectivity index (χ4v) is 3.94. The van der Waals surface area contributed by atoms with Crippen molar-refractivity contribution in [2.24, 2.45) is 5.92 Å². The quantitative estimate of drug-likeness (QED) is 0.687. The van der Waals surface area contributed by atoms with Crippen LogP contribution in [0.5, 0.6) is 0 Å². The van der Waals surface area contributed by atoms with Crippen LogP contribution in [0.25, 0.3) is 0 Å². The highest BCUT2D eigenvalue weighted by molar-refractivity contribution is 5.94. The second-order valence-corrected chi connectivity index (χ2v) is 8.33. The van der Waals surface area contributed by atoms with Crippen molar-refractivity contribution < 1.29 is 9.18 Å². The summed E-state index contributed by atoms with van der Waals surface area (Å²) < 4.78 is 13.4. The normalized spacial score (nSPS) is 15.8. The Labute approximate surface area is 168 Å². The highest BCUT2D eigenvalue weighted by Crippen LogP contribution is 2.26. The first-order chi connectivity index (χ1) is 13.4. The van der Waals surface area contributed by atoms with Crippen LogP contribution < -0.4 is 4.90 Å². The lowest BCUT2D eigenvalue weighted by Gasteiger charge is -2.39. The van der Waals surface area contributed by atoms with E-state index < -0.39 is 0 Å². The van der Waals surface area contributed by atoms with E-state index in [1.54, 1.807) is 12.1 Å². The molecule has 1 fully saturated rings. The van der Waals surface area contributed by atoms with Crippen molar-refractivity contribution in [3.63, 3.8) is 0 Å². The van der Waals surface area contributed by atoms with E-state index in [-0.39, 0.29) is 17.8 Å². The zero-order valence-electron chi connectivity index (χ0n) is 17.2. The Hall–Kier alpha value is -2.20. The van der Waals surface area contributed by atoms with Gasteiger partial charge in [-0.25, -0.2) is 4.39 Å². The van der Waals surface area contributed by atoms with Crippen molar-refractivity contribution in [1.82, 2.24) is 4.90 Å². The van der Waals surface area contributed by atoms with Crippen LogP contribution in [0.3, 0.4) is 0 Å². The van der Waals surface area contributed by atoms with Gasteiger partial charge < -0.3 is 4.90 Å². The van der Waals surface area contributed by atoms with Gasteiger partial charge >= 0.3 is 0 Å². The standard InChI is InChI=1S/C24H31FN2O/c1-18(2)15-24(28)27(22-9-7-19(3)8-10-22)23-11-13-26(14-12-23)17-20-5-4-6-21(25)16-20/h4-10,16,18,23H,11-15,17H2,1-3H3. The third-order valence-corrected chi connectivity index (χ3v) is 5.38. The second-order valence-electron chi connectivity index (χ2n) is 8.33. The number of halogens is 1. The SMILES string of the molecule is Cc1ccc(N(C(=O)CC(C)C)C2CCN(Cc3cccc(F)c3)CC2)cc1. The average molecular weight is 383 g/mol. The molecule has 1 aliphatic heterocycles. The first-order valence-electron chi connectivity index (χ1n) is 10.3.